The highest BCUT2D eigenvalue weighted by atomic mass is 16.5. The lowest BCUT2D eigenvalue weighted by molar-refractivity contribution is 0.314. The monoisotopic (exact) mass is 424 g/mol. The van der Waals surface area contributed by atoms with Crippen molar-refractivity contribution in [1.82, 2.24) is 19.9 Å². The zero-order chi connectivity index (χ0) is 21.9. The third kappa shape index (κ3) is 4.18. The number of nitrogens with two attached hydrogens (primary N) is 1. The highest BCUT2D eigenvalue weighted by molar-refractivity contribution is 5.97. The Kier molecular flexibility index (Phi) is 5.29. The fourth-order valence-corrected chi connectivity index (χ4v) is 3.83. The molecule has 0 amide bonds. The van der Waals surface area contributed by atoms with Gasteiger partial charge in [0.1, 0.15) is 28.8 Å². The van der Waals surface area contributed by atoms with E-state index in [1.54, 1.807) is 0 Å². The van der Waals surface area contributed by atoms with Gasteiger partial charge in [0.05, 0.1) is 29.6 Å². The van der Waals surface area contributed by atoms with Gasteiger partial charge in [0.2, 0.25) is 0 Å². The maximum Gasteiger partial charge on any atom is 0.147 e. The highest BCUT2D eigenvalue weighted by Gasteiger charge is 2.12. The number of ether oxygens (including phenoxy) is 1. The molecule has 0 bridgehead atoms. The van der Waals surface area contributed by atoms with Gasteiger partial charge in [-0.25, -0.2) is 9.97 Å². The normalized spacial score (nSPS) is 11.2. The van der Waals surface area contributed by atoms with Crippen LogP contribution in [0.5, 0.6) is 5.75 Å². The van der Waals surface area contributed by atoms with E-state index in [9.17, 15) is 0 Å². The molecule has 5 N–H and O–H groups in total. The molecule has 0 aliphatic heterocycles. The fraction of sp³-hybridized carbons (Fsp3) is 0.160. The maximum atomic E-state index is 7.60. The first-order valence-corrected chi connectivity index (χ1v) is 10.6. The van der Waals surface area contributed by atoms with Gasteiger partial charge in [-0.15, -0.1) is 0 Å². The molecular weight excluding hydrogens is 400 g/mol. The second-order valence-electron chi connectivity index (χ2n) is 7.78. The molecule has 5 rings (SSSR count). The van der Waals surface area contributed by atoms with Crippen LogP contribution in [0.25, 0.3) is 22.1 Å². The number of fused-ring (bicyclic) bond motifs is 2. The summed E-state index contributed by atoms with van der Waals surface area (Å²) in [5, 5.41) is 7.60. The molecule has 0 fully saturated rings. The van der Waals surface area contributed by atoms with Crippen molar-refractivity contribution in [2.75, 3.05) is 6.61 Å². The summed E-state index contributed by atoms with van der Waals surface area (Å²) in [6.45, 7) is 0.637. The number of nitrogens with one attached hydrogen (secondary N) is 3. The Morgan fingerprint density at radius 1 is 0.906 bits per heavy atom. The molecule has 0 saturated carbocycles. The minimum atomic E-state index is 0.0324. The number of aromatic amines is 2. The molecule has 0 unspecified atom stereocenters. The average Bonchev–Trinajstić information content (AvgIpc) is 3.40. The van der Waals surface area contributed by atoms with Crippen LogP contribution in [0.2, 0.25) is 0 Å². The summed E-state index contributed by atoms with van der Waals surface area (Å²) in [5.41, 5.74) is 11.0. The number of H-pyrrole nitrogens is 2. The van der Waals surface area contributed by atoms with E-state index in [1.807, 2.05) is 42.5 Å². The molecule has 0 radical (unpaired) electrons. The van der Waals surface area contributed by atoms with Gasteiger partial charge in [0.25, 0.3) is 0 Å². The van der Waals surface area contributed by atoms with E-state index in [2.05, 4.69) is 39.2 Å². The summed E-state index contributed by atoms with van der Waals surface area (Å²) in [6, 6.07) is 21.9. The molecule has 0 spiro atoms. The molecule has 2 heterocycles. The summed E-state index contributed by atoms with van der Waals surface area (Å²) in [5.74, 6) is 2.43. The van der Waals surface area contributed by atoms with Crippen LogP contribution < -0.4 is 10.5 Å². The molecule has 160 valence electrons. The van der Waals surface area contributed by atoms with Crippen molar-refractivity contribution in [3.05, 3.63) is 89.5 Å². The SMILES string of the molecule is N=C(N)c1ccc2[nH]c(Cc3nc4c(OCCCc5ccccc5)cccc4[nH]3)nc2c1. The van der Waals surface area contributed by atoms with E-state index in [4.69, 9.17) is 20.9 Å². The Labute approximate surface area is 185 Å². The van der Waals surface area contributed by atoms with Crippen LogP contribution in [0.3, 0.4) is 0 Å². The van der Waals surface area contributed by atoms with Crippen LogP contribution in [-0.4, -0.2) is 32.4 Å². The van der Waals surface area contributed by atoms with Crippen molar-refractivity contribution < 1.29 is 4.74 Å². The van der Waals surface area contributed by atoms with E-state index in [-0.39, 0.29) is 5.84 Å². The van der Waals surface area contributed by atoms with Crippen LogP contribution >= 0.6 is 0 Å². The number of benzene rings is 3. The van der Waals surface area contributed by atoms with Gasteiger partial charge in [-0.2, -0.15) is 0 Å². The second-order valence-corrected chi connectivity index (χ2v) is 7.78. The summed E-state index contributed by atoms with van der Waals surface area (Å²) >= 11 is 0. The molecule has 0 aliphatic carbocycles. The molecule has 7 heteroatoms. The Balaban J connectivity index is 1.29. The molecule has 32 heavy (non-hydrogen) atoms. The number of imidazole rings is 2. The smallest absolute Gasteiger partial charge is 0.147 e. The van der Waals surface area contributed by atoms with Gasteiger partial charge >= 0.3 is 0 Å². The first-order chi connectivity index (χ1) is 15.7. The van der Waals surface area contributed by atoms with E-state index >= 15 is 0 Å². The molecule has 0 aliphatic rings. The molecule has 2 aromatic heterocycles. The summed E-state index contributed by atoms with van der Waals surface area (Å²) in [4.78, 5) is 16.1. The van der Waals surface area contributed by atoms with Crippen molar-refractivity contribution in [3.63, 3.8) is 0 Å². The average molecular weight is 425 g/mol. The van der Waals surface area contributed by atoms with Gasteiger partial charge in [0, 0.05) is 5.56 Å². The zero-order valence-electron chi connectivity index (χ0n) is 17.6. The number of para-hydroxylation sites is 1. The third-order valence-corrected chi connectivity index (χ3v) is 5.41. The van der Waals surface area contributed by atoms with E-state index in [0.717, 1.165) is 52.3 Å². The lowest BCUT2D eigenvalue weighted by Gasteiger charge is -2.06. The molecule has 0 saturated heterocycles. The number of hydrogen-bond acceptors (Lipinski definition) is 4. The Bertz CT molecular complexity index is 1390. The standard InChI is InChI=1S/C25H24N6O/c26-25(27)17-11-12-18-20(14-17)30-22(28-18)15-23-29-19-9-4-10-21(24(19)31-23)32-13-5-8-16-6-2-1-3-7-16/h1-4,6-7,9-12,14H,5,8,13,15H2,(H3,26,27)(H,28,30)(H,29,31). The minimum absolute atomic E-state index is 0.0324. The van der Waals surface area contributed by atoms with Crippen LogP contribution in [-0.2, 0) is 12.8 Å². The van der Waals surface area contributed by atoms with Crippen LogP contribution in [0.4, 0.5) is 0 Å². The Morgan fingerprint density at radius 3 is 2.56 bits per heavy atom. The molecular formula is C25H24N6O. The van der Waals surface area contributed by atoms with Gasteiger partial charge in [-0.05, 0) is 48.7 Å². The number of amidine groups is 1. The summed E-state index contributed by atoms with van der Waals surface area (Å²) in [7, 11) is 0. The number of nitrogens with zero attached hydrogens (tertiary/aromatic N) is 2. The number of aryl methyl sites for hydroxylation is 1. The van der Waals surface area contributed by atoms with Crippen molar-refractivity contribution in [2.45, 2.75) is 19.3 Å². The first kappa shape index (κ1) is 19.8. The van der Waals surface area contributed by atoms with Gasteiger partial charge < -0.3 is 20.4 Å². The Hall–Kier alpha value is -4.13. The van der Waals surface area contributed by atoms with Gasteiger partial charge in [-0.3, -0.25) is 5.41 Å². The number of hydrogen-bond donors (Lipinski definition) is 4. The van der Waals surface area contributed by atoms with Crippen molar-refractivity contribution >= 4 is 27.9 Å². The van der Waals surface area contributed by atoms with Crippen molar-refractivity contribution in [1.29, 1.82) is 5.41 Å². The van der Waals surface area contributed by atoms with Crippen LogP contribution in [0, 0.1) is 5.41 Å². The first-order valence-electron chi connectivity index (χ1n) is 10.6. The third-order valence-electron chi connectivity index (χ3n) is 5.41. The van der Waals surface area contributed by atoms with Crippen molar-refractivity contribution in [3.8, 4) is 5.75 Å². The molecule has 0 atom stereocenters. The van der Waals surface area contributed by atoms with Crippen LogP contribution in [0.1, 0.15) is 29.2 Å². The number of nitrogen functional groups attached to an aromatic ring is 1. The Morgan fingerprint density at radius 2 is 1.72 bits per heavy atom. The minimum Gasteiger partial charge on any atom is -0.491 e. The molecule has 5 aromatic rings. The maximum absolute atomic E-state index is 7.60. The van der Waals surface area contributed by atoms with Gasteiger partial charge in [0.15, 0.2) is 0 Å². The van der Waals surface area contributed by atoms with E-state index < -0.39 is 0 Å². The second kappa shape index (κ2) is 8.55. The van der Waals surface area contributed by atoms with Crippen LogP contribution in [0.15, 0.2) is 66.7 Å². The number of rotatable bonds is 8. The highest BCUT2D eigenvalue weighted by Crippen LogP contribution is 2.25. The van der Waals surface area contributed by atoms with Gasteiger partial charge in [-0.1, -0.05) is 36.4 Å². The quantitative estimate of drug-likeness (QED) is 0.169. The van der Waals surface area contributed by atoms with E-state index in [1.165, 1.54) is 5.56 Å². The lowest BCUT2D eigenvalue weighted by Crippen LogP contribution is -2.10. The predicted octanol–water partition coefficient (Wildman–Crippen LogP) is 4.33. The molecule has 3 aromatic carbocycles. The fourth-order valence-electron chi connectivity index (χ4n) is 3.83. The van der Waals surface area contributed by atoms with E-state index in [0.29, 0.717) is 18.6 Å². The topological polar surface area (TPSA) is 116 Å². The summed E-state index contributed by atoms with van der Waals surface area (Å²) in [6.07, 6.45) is 2.46. The van der Waals surface area contributed by atoms with Crippen molar-refractivity contribution in [2.24, 2.45) is 5.73 Å². The largest absolute Gasteiger partial charge is 0.491 e. The lowest BCUT2D eigenvalue weighted by atomic mass is 10.1. The number of aromatic nitrogens is 4. The molecule has 7 nitrogen and oxygen atoms in total. The summed E-state index contributed by atoms with van der Waals surface area (Å²) < 4.78 is 6.05. The zero-order valence-corrected chi connectivity index (χ0v) is 17.6. The predicted molar refractivity (Wildman–Crippen MR) is 126 cm³/mol.